The average molecular weight is 539 g/mol. The predicted octanol–water partition coefficient (Wildman–Crippen LogP) is 3.65. The van der Waals surface area contributed by atoms with E-state index < -0.39 is 14.9 Å². The Balaban J connectivity index is 1.47. The maximum absolute atomic E-state index is 12.7. The maximum atomic E-state index is 12.7. The second-order valence-electron chi connectivity index (χ2n) is 9.53. The molecule has 4 rings (SSSR count). The molecule has 202 valence electrons. The Labute approximate surface area is 223 Å². The van der Waals surface area contributed by atoms with Crippen LogP contribution in [0.4, 0.5) is 5.69 Å². The van der Waals surface area contributed by atoms with Crippen molar-refractivity contribution >= 4 is 32.1 Å². The van der Waals surface area contributed by atoms with Gasteiger partial charge in [-0.3, -0.25) is 4.90 Å². The molecule has 2 heterocycles. The molecule has 1 saturated heterocycles. The van der Waals surface area contributed by atoms with Crippen molar-refractivity contribution in [3.8, 4) is 17.4 Å². The fourth-order valence-electron chi connectivity index (χ4n) is 4.23. The lowest BCUT2D eigenvalue weighted by atomic mass is 10.0. The molecule has 2 aromatic carbocycles. The number of hydrogen-bond acceptors (Lipinski definition) is 8. The molecule has 0 radical (unpaired) electrons. The molecule has 3 N–H and O–H groups in total. The molecule has 1 fully saturated rings. The van der Waals surface area contributed by atoms with Gasteiger partial charge in [0.1, 0.15) is 17.6 Å². The summed E-state index contributed by atoms with van der Waals surface area (Å²) in [5, 5.41) is 24.4. The number of morpholine rings is 1. The zero-order chi connectivity index (χ0) is 27.1. The quantitative estimate of drug-likeness (QED) is 0.316. The topological polar surface area (TPSA) is 128 Å². The van der Waals surface area contributed by atoms with Crippen LogP contribution >= 0.6 is 0 Å². The lowest BCUT2D eigenvalue weighted by Crippen LogP contribution is -2.38. The SMILES string of the molecule is C/C(=C(/C#N)S(=O)(=O)NCC(C)CO)c1ccc(-c2ccc3cc(NCCN4CCOCC4)ccc3c2)o1. The van der Waals surface area contributed by atoms with E-state index in [9.17, 15) is 13.7 Å². The number of sulfonamides is 1. The van der Waals surface area contributed by atoms with Crippen molar-refractivity contribution in [2.75, 3.05) is 57.9 Å². The van der Waals surface area contributed by atoms with Gasteiger partial charge in [0.25, 0.3) is 10.0 Å². The Hall–Kier alpha value is -3.20. The fourth-order valence-corrected chi connectivity index (χ4v) is 5.50. The minimum absolute atomic E-state index is 0.0306. The number of furan rings is 1. The van der Waals surface area contributed by atoms with E-state index in [0.717, 1.165) is 61.4 Å². The molecule has 1 aliphatic rings. The molecule has 3 aromatic rings. The van der Waals surface area contributed by atoms with Crippen LogP contribution in [0.2, 0.25) is 0 Å². The highest BCUT2D eigenvalue weighted by Gasteiger charge is 2.23. The summed E-state index contributed by atoms with van der Waals surface area (Å²) in [7, 11) is -4.04. The highest BCUT2D eigenvalue weighted by Crippen LogP contribution is 2.31. The van der Waals surface area contributed by atoms with E-state index >= 15 is 0 Å². The zero-order valence-corrected chi connectivity index (χ0v) is 22.6. The third kappa shape index (κ3) is 6.81. The van der Waals surface area contributed by atoms with Crippen LogP contribution in [-0.4, -0.2) is 71.0 Å². The first-order valence-electron chi connectivity index (χ1n) is 12.7. The second-order valence-corrected chi connectivity index (χ2v) is 11.2. The summed E-state index contributed by atoms with van der Waals surface area (Å²) in [6, 6.07) is 17.5. The number of ether oxygens (including phenoxy) is 1. The highest BCUT2D eigenvalue weighted by atomic mass is 32.2. The summed E-state index contributed by atoms with van der Waals surface area (Å²) in [5.41, 5.74) is 2.13. The van der Waals surface area contributed by atoms with Crippen molar-refractivity contribution in [3.05, 3.63) is 59.2 Å². The Morgan fingerprint density at radius 1 is 1.13 bits per heavy atom. The van der Waals surface area contributed by atoms with Gasteiger partial charge < -0.3 is 19.6 Å². The smallest absolute Gasteiger partial charge is 0.251 e. The summed E-state index contributed by atoms with van der Waals surface area (Å²) in [4.78, 5) is 1.98. The largest absolute Gasteiger partial charge is 0.456 e. The minimum atomic E-state index is -4.04. The van der Waals surface area contributed by atoms with E-state index in [1.165, 1.54) is 0 Å². The van der Waals surface area contributed by atoms with Crippen molar-refractivity contribution in [1.82, 2.24) is 9.62 Å². The Morgan fingerprint density at radius 2 is 1.87 bits per heavy atom. The fraction of sp³-hybridized carbons (Fsp3) is 0.393. The Kier molecular flexibility index (Phi) is 9.20. The van der Waals surface area contributed by atoms with Crippen molar-refractivity contribution in [3.63, 3.8) is 0 Å². The zero-order valence-electron chi connectivity index (χ0n) is 21.7. The van der Waals surface area contributed by atoms with Crippen molar-refractivity contribution in [2.24, 2.45) is 5.92 Å². The maximum Gasteiger partial charge on any atom is 0.251 e. The van der Waals surface area contributed by atoms with Gasteiger partial charge in [-0.05, 0) is 53.9 Å². The van der Waals surface area contributed by atoms with Crippen molar-refractivity contribution in [2.45, 2.75) is 13.8 Å². The van der Waals surface area contributed by atoms with E-state index in [0.29, 0.717) is 11.5 Å². The van der Waals surface area contributed by atoms with Gasteiger partial charge in [-0.25, -0.2) is 13.1 Å². The van der Waals surface area contributed by atoms with Crippen LogP contribution in [0.25, 0.3) is 27.7 Å². The van der Waals surface area contributed by atoms with Gasteiger partial charge >= 0.3 is 0 Å². The molecule has 0 aliphatic carbocycles. The summed E-state index contributed by atoms with van der Waals surface area (Å²) in [6.45, 7) is 8.50. The third-order valence-corrected chi connectivity index (χ3v) is 8.09. The number of aliphatic hydroxyl groups is 1. The van der Waals surface area contributed by atoms with Gasteiger partial charge in [0.05, 0.1) is 13.2 Å². The van der Waals surface area contributed by atoms with Crippen molar-refractivity contribution in [1.29, 1.82) is 5.26 Å². The van der Waals surface area contributed by atoms with E-state index in [-0.39, 0.29) is 24.6 Å². The molecule has 0 amide bonds. The first kappa shape index (κ1) is 27.8. The molecular formula is C28H34N4O5S. The van der Waals surface area contributed by atoms with Crippen LogP contribution in [0, 0.1) is 17.2 Å². The number of fused-ring (bicyclic) bond motifs is 1. The molecule has 1 unspecified atom stereocenters. The Morgan fingerprint density at radius 3 is 2.61 bits per heavy atom. The molecule has 0 bridgehead atoms. The molecule has 9 nitrogen and oxygen atoms in total. The summed E-state index contributed by atoms with van der Waals surface area (Å²) >= 11 is 0. The van der Waals surface area contributed by atoms with Gasteiger partial charge in [-0.15, -0.1) is 0 Å². The normalized spacial score (nSPS) is 16.2. The van der Waals surface area contributed by atoms with E-state index in [2.05, 4.69) is 33.1 Å². The van der Waals surface area contributed by atoms with Crippen LogP contribution in [-0.2, 0) is 14.8 Å². The summed E-state index contributed by atoms with van der Waals surface area (Å²) in [6.07, 6.45) is 0. The number of aliphatic hydroxyl groups excluding tert-OH is 1. The molecule has 1 aromatic heterocycles. The monoisotopic (exact) mass is 538 g/mol. The molecular weight excluding hydrogens is 504 g/mol. The Bertz CT molecular complexity index is 1430. The van der Waals surface area contributed by atoms with Crippen LogP contribution in [0.3, 0.4) is 0 Å². The van der Waals surface area contributed by atoms with Gasteiger partial charge in [-0.1, -0.05) is 25.1 Å². The number of benzene rings is 2. The second kappa shape index (κ2) is 12.6. The molecule has 10 heteroatoms. The number of nitrogens with zero attached hydrogens (tertiary/aromatic N) is 2. The highest BCUT2D eigenvalue weighted by molar-refractivity contribution is 7.93. The van der Waals surface area contributed by atoms with Crippen LogP contribution < -0.4 is 10.0 Å². The first-order chi connectivity index (χ1) is 18.3. The van der Waals surface area contributed by atoms with E-state index in [1.807, 2.05) is 18.2 Å². The number of anilines is 1. The molecule has 1 aliphatic heterocycles. The third-order valence-electron chi connectivity index (χ3n) is 6.61. The average Bonchev–Trinajstić information content (AvgIpc) is 3.43. The number of nitriles is 1. The van der Waals surface area contributed by atoms with E-state index in [4.69, 9.17) is 14.3 Å². The van der Waals surface area contributed by atoms with Crippen LogP contribution in [0.5, 0.6) is 0 Å². The summed E-state index contributed by atoms with van der Waals surface area (Å²) < 4.78 is 39.1. The number of rotatable bonds is 11. The van der Waals surface area contributed by atoms with Gasteiger partial charge in [0, 0.05) is 56.2 Å². The molecule has 0 saturated carbocycles. The molecule has 38 heavy (non-hydrogen) atoms. The van der Waals surface area contributed by atoms with Crippen molar-refractivity contribution < 1.29 is 22.7 Å². The van der Waals surface area contributed by atoms with E-state index in [1.54, 1.807) is 32.0 Å². The van der Waals surface area contributed by atoms with Crippen LogP contribution in [0.15, 0.2) is 57.9 Å². The standard InChI is InChI=1S/C28H34N4O5S/c1-20(19-33)18-31-38(34,35)28(17-29)21(2)26-7-8-27(37-26)24-4-3-23-16-25(6-5-22(23)15-24)30-9-10-32-11-13-36-14-12-32/h3-8,15-16,20,30-31,33H,9-14,18-19H2,1-2H3/b28-21+. The van der Waals surface area contributed by atoms with Gasteiger partial charge in [0.15, 0.2) is 4.91 Å². The lowest BCUT2D eigenvalue weighted by Gasteiger charge is -2.26. The van der Waals surface area contributed by atoms with Crippen LogP contribution in [0.1, 0.15) is 19.6 Å². The predicted molar refractivity (Wildman–Crippen MR) is 149 cm³/mol. The minimum Gasteiger partial charge on any atom is -0.456 e. The van der Waals surface area contributed by atoms with Gasteiger partial charge in [0.2, 0.25) is 0 Å². The lowest BCUT2D eigenvalue weighted by molar-refractivity contribution is 0.0398. The van der Waals surface area contributed by atoms with Gasteiger partial charge in [-0.2, -0.15) is 5.26 Å². The number of hydrogen-bond donors (Lipinski definition) is 3. The first-order valence-corrected chi connectivity index (χ1v) is 14.2. The number of nitrogens with one attached hydrogen (secondary N) is 2. The molecule has 1 atom stereocenters. The number of allylic oxidation sites excluding steroid dienone is 2. The molecule has 0 spiro atoms. The summed E-state index contributed by atoms with van der Waals surface area (Å²) in [5.74, 6) is 0.609.